The van der Waals surface area contributed by atoms with Crippen molar-refractivity contribution in [3.63, 3.8) is 0 Å². The minimum absolute atomic E-state index is 0.0339. The van der Waals surface area contributed by atoms with Gasteiger partial charge in [-0.2, -0.15) is 0 Å². The lowest BCUT2D eigenvalue weighted by Crippen LogP contribution is -2.40. The molecule has 0 radical (unpaired) electrons. The molecule has 1 unspecified atom stereocenters. The second-order valence-electron chi connectivity index (χ2n) is 6.35. The molecule has 0 saturated carbocycles. The van der Waals surface area contributed by atoms with Gasteiger partial charge in [0.1, 0.15) is 11.6 Å². The first-order valence-corrected chi connectivity index (χ1v) is 8.63. The quantitative estimate of drug-likeness (QED) is 0.876. The third-order valence-electron chi connectivity index (χ3n) is 4.59. The molecule has 0 bridgehead atoms. The minimum Gasteiger partial charge on any atom is -0.384 e. The van der Waals surface area contributed by atoms with Crippen LogP contribution in [0.15, 0.2) is 42.6 Å². The van der Waals surface area contributed by atoms with Crippen LogP contribution in [0, 0.1) is 5.82 Å². The zero-order valence-electron chi connectivity index (χ0n) is 14.1. The molecule has 0 aliphatic carbocycles. The van der Waals surface area contributed by atoms with E-state index in [4.69, 9.17) is 5.73 Å². The summed E-state index contributed by atoms with van der Waals surface area (Å²) in [6, 6.07) is 9.83. The SMILES string of the molecule is Nc1ccc(C(=O)NCC(c2ccc(F)cc2)N2CCCCC2)cn1. The average molecular weight is 342 g/mol. The van der Waals surface area contributed by atoms with Crippen LogP contribution >= 0.6 is 0 Å². The highest BCUT2D eigenvalue weighted by atomic mass is 19.1. The number of benzene rings is 1. The Kier molecular flexibility index (Phi) is 5.60. The lowest BCUT2D eigenvalue weighted by Gasteiger charge is -2.35. The number of hydrogen-bond donors (Lipinski definition) is 2. The Morgan fingerprint density at radius 3 is 2.52 bits per heavy atom. The number of nitrogens with one attached hydrogen (secondary N) is 1. The second kappa shape index (κ2) is 8.07. The molecule has 1 fully saturated rings. The van der Waals surface area contributed by atoms with E-state index in [1.54, 1.807) is 24.3 Å². The van der Waals surface area contributed by atoms with Crippen molar-refractivity contribution in [1.29, 1.82) is 0 Å². The predicted octanol–water partition coefficient (Wildman–Crippen LogP) is 2.76. The Morgan fingerprint density at radius 2 is 1.88 bits per heavy atom. The van der Waals surface area contributed by atoms with Gasteiger partial charge in [-0.05, 0) is 55.8 Å². The molecule has 1 amide bonds. The van der Waals surface area contributed by atoms with Gasteiger partial charge in [0.25, 0.3) is 5.91 Å². The van der Waals surface area contributed by atoms with Gasteiger partial charge in [0.15, 0.2) is 0 Å². The van der Waals surface area contributed by atoms with Gasteiger partial charge in [-0.3, -0.25) is 9.69 Å². The van der Waals surface area contributed by atoms with Gasteiger partial charge >= 0.3 is 0 Å². The first-order valence-electron chi connectivity index (χ1n) is 8.63. The normalized spacial score (nSPS) is 16.4. The van der Waals surface area contributed by atoms with Crippen molar-refractivity contribution < 1.29 is 9.18 Å². The number of pyridine rings is 1. The van der Waals surface area contributed by atoms with E-state index in [0.717, 1.165) is 31.5 Å². The molecule has 1 saturated heterocycles. The van der Waals surface area contributed by atoms with Crippen molar-refractivity contribution in [3.05, 3.63) is 59.5 Å². The molecule has 3 N–H and O–H groups in total. The van der Waals surface area contributed by atoms with Crippen LogP contribution in [0.25, 0.3) is 0 Å². The molecule has 2 aromatic rings. The summed E-state index contributed by atoms with van der Waals surface area (Å²) in [6.07, 6.45) is 5.00. The summed E-state index contributed by atoms with van der Waals surface area (Å²) in [6.45, 7) is 2.44. The van der Waals surface area contributed by atoms with Gasteiger partial charge in [0.2, 0.25) is 0 Å². The zero-order valence-corrected chi connectivity index (χ0v) is 14.1. The van der Waals surface area contributed by atoms with Crippen LogP contribution in [0.3, 0.4) is 0 Å². The summed E-state index contributed by atoms with van der Waals surface area (Å²) >= 11 is 0. The van der Waals surface area contributed by atoms with E-state index in [0.29, 0.717) is 17.9 Å². The summed E-state index contributed by atoms with van der Waals surface area (Å²) in [4.78, 5) is 18.7. The number of halogens is 1. The molecule has 1 aromatic heterocycles. The molecule has 6 heteroatoms. The summed E-state index contributed by atoms with van der Waals surface area (Å²) in [5.41, 5.74) is 7.05. The molecular weight excluding hydrogens is 319 g/mol. The van der Waals surface area contributed by atoms with E-state index in [-0.39, 0.29) is 17.8 Å². The fourth-order valence-electron chi connectivity index (χ4n) is 3.20. The lowest BCUT2D eigenvalue weighted by atomic mass is 10.0. The molecular formula is C19H23FN4O. The summed E-state index contributed by atoms with van der Waals surface area (Å²) in [5.74, 6) is -0.0520. The number of rotatable bonds is 5. The maximum atomic E-state index is 13.3. The van der Waals surface area contributed by atoms with Crippen molar-refractivity contribution in [1.82, 2.24) is 15.2 Å². The number of carbonyl (C=O) groups excluding carboxylic acids is 1. The number of nitrogen functional groups attached to an aromatic ring is 1. The number of aromatic nitrogens is 1. The standard InChI is InChI=1S/C19H23FN4O/c20-16-7-4-14(5-8-16)17(24-10-2-1-3-11-24)13-23-19(25)15-6-9-18(21)22-12-15/h4-9,12,17H,1-3,10-11,13H2,(H2,21,22)(H,23,25). The second-order valence-corrected chi connectivity index (χ2v) is 6.35. The van der Waals surface area contributed by atoms with Crippen LogP contribution in [0.5, 0.6) is 0 Å². The van der Waals surface area contributed by atoms with E-state index in [2.05, 4.69) is 15.2 Å². The summed E-state index contributed by atoms with van der Waals surface area (Å²) < 4.78 is 13.3. The number of carbonyl (C=O) groups is 1. The number of anilines is 1. The van der Waals surface area contributed by atoms with Gasteiger partial charge < -0.3 is 11.1 Å². The van der Waals surface area contributed by atoms with Gasteiger partial charge in [-0.1, -0.05) is 18.6 Å². The average Bonchev–Trinajstić information content (AvgIpc) is 2.64. The highest BCUT2D eigenvalue weighted by molar-refractivity contribution is 5.94. The first-order chi connectivity index (χ1) is 12.1. The van der Waals surface area contributed by atoms with Crippen LogP contribution in [0.4, 0.5) is 10.2 Å². The molecule has 1 aliphatic rings. The molecule has 25 heavy (non-hydrogen) atoms. The smallest absolute Gasteiger partial charge is 0.252 e. The van der Waals surface area contributed by atoms with Crippen LogP contribution < -0.4 is 11.1 Å². The predicted molar refractivity (Wildman–Crippen MR) is 95.5 cm³/mol. The molecule has 3 rings (SSSR count). The molecule has 2 heterocycles. The van der Waals surface area contributed by atoms with Crippen LogP contribution in [-0.4, -0.2) is 35.4 Å². The van der Waals surface area contributed by atoms with Crippen molar-refractivity contribution in [2.45, 2.75) is 25.3 Å². The Morgan fingerprint density at radius 1 is 1.16 bits per heavy atom. The largest absolute Gasteiger partial charge is 0.384 e. The Hall–Kier alpha value is -2.47. The van der Waals surface area contributed by atoms with Crippen LogP contribution in [0.2, 0.25) is 0 Å². The van der Waals surface area contributed by atoms with Crippen LogP contribution in [0.1, 0.15) is 41.2 Å². The molecule has 5 nitrogen and oxygen atoms in total. The van der Waals surface area contributed by atoms with Gasteiger partial charge in [0.05, 0.1) is 11.6 Å². The van der Waals surface area contributed by atoms with E-state index < -0.39 is 0 Å². The third-order valence-corrected chi connectivity index (χ3v) is 4.59. The van der Waals surface area contributed by atoms with Gasteiger partial charge in [-0.25, -0.2) is 9.37 Å². The molecule has 1 aromatic carbocycles. The van der Waals surface area contributed by atoms with E-state index >= 15 is 0 Å². The fourth-order valence-corrected chi connectivity index (χ4v) is 3.20. The third kappa shape index (κ3) is 4.54. The van der Waals surface area contributed by atoms with Crippen LogP contribution in [-0.2, 0) is 0 Å². The van der Waals surface area contributed by atoms with Crippen molar-refractivity contribution in [3.8, 4) is 0 Å². The number of piperidine rings is 1. The van der Waals surface area contributed by atoms with Gasteiger partial charge in [0, 0.05) is 12.7 Å². The number of amides is 1. The zero-order chi connectivity index (χ0) is 17.6. The number of hydrogen-bond acceptors (Lipinski definition) is 4. The number of likely N-dealkylation sites (tertiary alicyclic amines) is 1. The maximum Gasteiger partial charge on any atom is 0.252 e. The molecule has 132 valence electrons. The number of nitrogens with zero attached hydrogens (tertiary/aromatic N) is 2. The Labute approximate surface area is 147 Å². The van der Waals surface area contributed by atoms with Crippen molar-refractivity contribution in [2.75, 3.05) is 25.4 Å². The highest BCUT2D eigenvalue weighted by Gasteiger charge is 2.23. The van der Waals surface area contributed by atoms with E-state index in [9.17, 15) is 9.18 Å². The minimum atomic E-state index is -0.252. The summed E-state index contributed by atoms with van der Waals surface area (Å²) in [5, 5.41) is 2.97. The van der Waals surface area contributed by atoms with E-state index in [1.165, 1.54) is 24.8 Å². The maximum absolute atomic E-state index is 13.3. The topological polar surface area (TPSA) is 71.2 Å². The Balaban J connectivity index is 1.71. The van der Waals surface area contributed by atoms with E-state index in [1.807, 2.05) is 0 Å². The number of nitrogens with two attached hydrogens (primary N) is 1. The molecule has 0 spiro atoms. The first kappa shape index (κ1) is 17.4. The summed E-state index contributed by atoms with van der Waals surface area (Å²) in [7, 11) is 0. The fraction of sp³-hybridized carbons (Fsp3) is 0.368. The molecule has 1 atom stereocenters. The lowest BCUT2D eigenvalue weighted by molar-refractivity contribution is 0.0924. The van der Waals surface area contributed by atoms with Crippen molar-refractivity contribution in [2.24, 2.45) is 0 Å². The Bertz CT molecular complexity index is 696. The monoisotopic (exact) mass is 342 g/mol. The van der Waals surface area contributed by atoms with Crippen molar-refractivity contribution >= 4 is 11.7 Å². The highest BCUT2D eigenvalue weighted by Crippen LogP contribution is 2.24. The molecule has 1 aliphatic heterocycles. The van der Waals surface area contributed by atoms with Gasteiger partial charge in [-0.15, -0.1) is 0 Å².